The highest BCUT2D eigenvalue weighted by molar-refractivity contribution is 7.89. The van der Waals surface area contributed by atoms with Crippen LogP contribution in [0, 0.1) is 0 Å². The van der Waals surface area contributed by atoms with Crippen molar-refractivity contribution in [1.82, 2.24) is 24.2 Å². The van der Waals surface area contributed by atoms with E-state index in [1.165, 1.54) is 4.31 Å². The highest BCUT2D eigenvalue weighted by Crippen LogP contribution is 2.23. The van der Waals surface area contributed by atoms with Crippen molar-refractivity contribution in [3.8, 4) is 0 Å². The maximum Gasteiger partial charge on any atom is 0.243 e. The first-order chi connectivity index (χ1) is 12.8. The van der Waals surface area contributed by atoms with E-state index in [0.29, 0.717) is 42.8 Å². The van der Waals surface area contributed by atoms with E-state index in [-0.39, 0.29) is 12.0 Å². The molecule has 3 rings (SSSR count). The van der Waals surface area contributed by atoms with Crippen molar-refractivity contribution in [1.29, 1.82) is 0 Å². The zero-order valence-corrected chi connectivity index (χ0v) is 16.6. The zero-order valence-electron chi connectivity index (χ0n) is 15.8. The van der Waals surface area contributed by atoms with Gasteiger partial charge in [0.2, 0.25) is 21.9 Å². The Bertz CT molecular complexity index is 881. The molecule has 1 aromatic carbocycles. The lowest BCUT2D eigenvalue weighted by atomic mass is 10.2. The van der Waals surface area contributed by atoms with Crippen LogP contribution in [-0.2, 0) is 10.0 Å². The van der Waals surface area contributed by atoms with Crippen LogP contribution >= 0.6 is 0 Å². The molecule has 1 aromatic heterocycles. The first-order valence-electron chi connectivity index (χ1n) is 8.77. The van der Waals surface area contributed by atoms with Crippen LogP contribution in [-0.4, -0.2) is 72.8 Å². The van der Waals surface area contributed by atoms with Gasteiger partial charge in [0, 0.05) is 40.3 Å². The number of rotatable bonds is 5. The standard InChI is InChI=1S/C17H25N7O2S/c1-13(15-19-16(18)21-17(20-15)22(2)3)23-9-11-24(12-10-23)27(25,26)14-7-5-4-6-8-14/h4-8,13H,9-12H2,1-3H3,(H2,18,19,20,21)/t13-/m1/s1. The Balaban J connectivity index is 1.71. The minimum absolute atomic E-state index is 0.0874. The van der Waals surface area contributed by atoms with Gasteiger partial charge in [-0.05, 0) is 19.1 Å². The van der Waals surface area contributed by atoms with E-state index in [4.69, 9.17) is 5.73 Å². The lowest BCUT2D eigenvalue weighted by Crippen LogP contribution is -2.49. The van der Waals surface area contributed by atoms with Gasteiger partial charge in [0.25, 0.3) is 0 Å². The second kappa shape index (κ2) is 7.75. The predicted octanol–water partition coefficient (Wildman–Crippen LogP) is 0.587. The number of benzene rings is 1. The largest absolute Gasteiger partial charge is 0.368 e. The molecule has 1 saturated heterocycles. The van der Waals surface area contributed by atoms with Crippen molar-refractivity contribution in [3.63, 3.8) is 0 Å². The Labute approximate surface area is 159 Å². The van der Waals surface area contributed by atoms with Crippen LogP contribution in [0.4, 0.5) is 11.9 Å². The van der Waals surface area contributed by atoms with E-state index in [2.05, 4.69) is 19.9 Å². The fourth-order valence-electron chi connectivity index (χ4n) is 3.02. The van der Waals surface area contributed by atoms with Crippen molar-refractivity contribution in [2.24, 2.45) is 0 Å². The third kappa shape index (κ3) is 4.18. The van der Waals surface area contributed by atoms with Crippen LogP contribution in [0.2, 0.25) is 0 Å². The Hall–Kier alpha value is -2.30. The number of hydrogen-bond donors (Lipinski definition) is 1. The Morgan fingerprint density at radius 3 is 2.26 bits per heavy atom. The summed E-state index contributed by atoms with van der Waals surface area (Å²) in [5, 5.41) is 0. The summed E-state index contributed by atoms with van der Waals surface area (Å²) in [6.07, 6.45) is 0. The molecule has 1 aliphatic heterocycles. The maximum atomic E-state index is 12.8. The molecule has 2 aromatic rings. The number of aromatic nitrogens is 3. The van der Waals surface area contributed by atoms with Crippen LogP contribution in [0.5, 0.6) is 0 Å². The third-order valence-corrected chi connectivity index (χ3v) is 6.55. The van der Waals surface area contributed by atoms with Gasteiger partial charge in [0.15, 0.2) is 5.82 Å². The SMILES string of the molecule is C[C@H](c1nc(N)nc(N(C)C)n1)N1CCN(S(=O)(=O)c2ccccc2)CC1. The molecule has 0 bridgehead atoms. The van der Waals surface area contributed by atoms with Gasteiger partial charge in [-0.25, -0.2) is 8.42 Å². The van der Waals surface area contributed by atoms with Crippen LogP contribution in [0.15, 0.2) is 35.2 Å². The van der Waals surface area contributed by atoms with Crippen molar-refractivity contribution in [2.45, 2.75) is 17.9 Å². The topological polar surface area (TPSA) is 109 Å². The molecule has 146 valence electrons. The smallest absolute Gasteiger partial charge is 0.243 e. The number of hydrogen-bond acceptors (Lipinski definition) is 8. The van der Waals surface area contributed by atoms with Gasteiger partial charge in [-0.1, -0.05) is 18.2 Å². The summed E-state index contributed by atoms with van der Waals surface area (Å²) in [6.45, 7) is 4.02. The van der Waals surface area contributed by atoms with E-state index < -0.39 is 10.0 Å². The molecule has 0 amide bonds. The van der Waals surface area contributed by atoms with Gasteiger partial charge in [0.05, 0.1) is 10.9 Å². The van der Waals surface area contributed by atoms with Gasteiger partial charge < -0.3 is 10.6 Å². The minimum Gasteiger partial charge on any atom is -0.368 e. The molecule has 0 spiro atoms. The highest BCUT2D eigenvalue weighted by atomic mass is 32.2. The molecular formula is C17H25N7O2S. The van der Waals surface area contributed by atoms with Crippen LogP contribution in [0.3, 0.4) is 0 Å². The molecule has 27 heavy (non-hydrogen) atoms. The highest BCUT2D eigenvalue weighted by Gasteiger charge is 2.31. The number of nitrogens with zero attached hydrogens (tertiary/aromatic N) is 6. The molecule has 9 nitrogen and oxygen atoms in total. The van der Waals surface area contributed by atoms with E-state index in [1.807, 2.05) is 21.0 Å². The lowest BCUT2D eigenvalue weighted by molar-refractivity contribution is 0.141. The number of nitrogen functional groups attached to an aromatic ring is 1. The summed E-state index contributed by atoms with van der Waals surface area (Å²) < 4.78 is 27.0. The molecule has 1 fully saturated rings. The third-order valence-electron chi connectivity index (χ3n) is 4.63. The fraction of sp³-hybridized carbons (Fsp3) is 0.471. The average molecular weight is 392 g/mol. The second-order valence-electron chi connectivity index (χ2n) is 6.68. The summed E-state index contributed by atoms with van der Waals surface area (Å²) in [5.74, 6) is 1.28. The minimum atomic E-state index is -3.46. The monoisotopic (exact) mass is 391 g/mol. The summed E-state index contributed by atoms with van der Waals surface area (Å²) >= 11 is 0. The molecule has 1 aliphatic rings. The van der Waals surface area contributed by atoms with Gasteiger partial charge in [0.1, 0.15) is 0 Å². The summed E-state index contributed by atoms with van der Waals surface area (Å²) in [4.78, 5) is 17.1. The molecule has 1 atom stereocenters. The quantitative estimate of drug-likeness (QED) is 0.789. The van der Waals surface area contributed by atoms with Gasteiger partial charge in [-0.15, -0.1) is 0 Å². The first kappa shape index (κ1) is 19.5. The molecule has 2 N–H and O–H groups in total. The van der Waals surface area contributed by atoms with E-state index in [1.54, 1.807) is 35.2 Å². The number of anilines is 2. The van der Waals surface area contributed by atoms with Crippen LogP contribution in [0.25, 0.3) is 0 Å². The molecule has 0 unspecified atom stereocenters. The zero-order chi connectivity index (χ0) is 19.6. The second-order valence-corrected chi connectivity index (χ2v) is 8.61. The molecule has 0 radical (unpaired) electrons. The van der Waals surface area contributed by atoms with Crippen molar-refractivity contribution >= 4 is 21.9 Å². The number of nitrogens with two attached hydrogens (primary N) is 1. The molecule has 0 aliphatic carbocycles. The first-order valence-corrected chi connectivity index (χ1v) is 10.2. The Kier molecular flexibility index (Phi) is 5.59. The summed E-state index contributed by atoms with van der Waals surface area (Å²) in [6, 6.07) is 8.44. The van der Waals surface area contributed by atoms with Crippen LogP contribution < -0.4 is 10.6 Å². The molecule has 0 saturated carbocycles. The lowest BCUT2D eigenvalue weighted by Gasteiger charge is -2.36. The van der Waals surface area contributed by atoms with Crippen molar-refractivity contribution in [3.05, 3.63) is 36.2 Å². The van der Waals surface area contributed by atoms with Crippen molar-refractivity contribution in [2.75, 3.05) is 50.9 Å². The maximum absolute atomic E-state index is 12.8. The Morgan fingerprint density at radius 2 is 1.67 bits per heavy atom. The molecular weight excluding hydrogens is 366 g/mol. The van der Waals surface area contributed by atoms with E-state index in [9.17, 15) is 8.42 Å². The predicted molar refractivity (Wildman–Crippen MR) is 104 cm³/mol. The van der Waals surface area contributed by atoms with E-state index in [0.717, 1.165) is 0 Å². The van der Waals surface area contributed by atoms with Crippen LogP contribution in [0.1, 0.15) is 18.8 Å². The molecule has 10 heteroatoms. The Morgan fingerprint density at radius 1 is 1.04 bits per heavy atom. The van der Waals surface area contributed by atoms with Crippen molar-refractivity contribution < 1.29 is 8.42 Å². The summed E-state index contributed by atoms with van der Waals surface area (Å²) in [7, 11) is 0.226. The normalized spacial score (nSPS) is 17.6. The summed E-state index contributed by atoms with van der Waals surface area (Å²) in [5.41, 5.74) is 5.81. The van der Waals surface area contributed by atoms with Gasteiger partial charge >= 0.3 is 0 Å². The average Bonchev–Trinajstić information content (AvgIpc) is 2.67. The number of piperazine rings is 1. The van der Waals surface area contributed by atoms with Gasteiger partial charge in [-0.2, -0.15) is 19.3 Å². The fourth-order valence-corrected chi connectivity index (χ4v) is 4.46. The van der Waals surface area contributed by atoms with E-state index >= 15 is 0 Å². The molecule has 2 heterocycles. The number of sulfonamides is 1. The van der Waals surface area contributed by atoms with Gasteiger partial charge in [-0.3, -0.25) is 4.90 Å².